The van der Waals surface area contributed by atoms with Gasteiger partial charge < -0.3 is 10.6 Å². The summed E-state index contributed by atoms with van der Waals surface area (Å²) in [5.74, 6) is 0. The summed E-state index contributed by atoms with van der Waals surface area (Å²) < 4.78 is 0. The normalized spacial score (nSPS) is 37.3. The predicted octanol–water partition coefficient (Wildman–Crippen LogP) is 0.164. The lowest BCUT2D eigenvalue weighted by Gasteiger charge is -2.42. The van der Waals surface area contributed by atoms with E-state index in [4.69, 9.17) is 0 Å². The highest BCUT2D eigenvalue weighted by atomic mass is 35.5. The maximum Gasteiger partial charge on any atom is 0.0210 e. The molecule has 0 saturated carbocycles. The van der Waals surface area contributed by atoms with Gasteiger partial charge in [0.15, 0.2) is 0 Å². The molecule has 0 amide bonds. The van der Waals surface area contributed by atoms with Crippen LogP contribution in [-0.2, 0) is 0 Å². The van der Waals surface area contributed by atoms with Crippen molar-refractivity contribution in [2.45, 2.75) is 18.5 Å². The van der Waals surface area contributed by atoms with E-state index in [2.05, 4.69) is 10.6 Å². The first kappa shape index (κ1) is 9.50. The molecule has 3 rings (SSSR count). The minimum Gasteiger partial charge on any atom is -0.314 e. The van der Waals surface area contributed by atoms with Crippen LogP contribution in [0.3, 0.4) is 0 Å². The number of piperazine rings is 1. The third-order valence-electron chi connectivity index (χ3n) is 1.82. The van der Waals surface area contributed by atoms with E-state index >= 15 is 0 Å². The van der Waals surface area contributed by atoms with Gasteiger partial charge in [-0.25, -0.2) is 0 Å². The lowest BCUT2D eigenvalue weighted by Crippen LogP contribution is -2.65. The second-order valence-corrected chi connectivity index (χ2v) is 2.45. The quantitative estimate of drug-likeness (QED) is 0.542. The molecule has 2 N–H and O–H groups in total. The van der Waals surface area contributed by atoms with Crippen LogP contribution in [0.2, 0.25) is 0 Å². The molecule has 2 atom stereocenters. The first-order valence-corrected chi connectivity index (χ1v) is 2.92. The van der Waals surface area contributed by atoms with Crippen molar-refractivity contribution in [2.24, 2.45) is 0 Å². The van der Waals surface area contributed by atoms with Crippen molar-refractivity contribution in [2.75, 3.05) is 13.1 Å². The summed E-state index contributed by atoms with van der Waals surface area (Å²) in [4.78, 5) is 0. The van der Waals surface area contributed by atoms with Gasteiger partial charge in [0.25, 0.3) is 0 Å². The van der Waals surface area contributed by atoms with Crippen LogP contribution >= 0.6 is 24.8 Å². The summed E-state index contributed by atoms with van der Waals surface area (Å²) in [6, 6.07) is 1.64. The van der Waals surface area contributed by atoms with Crippen molar-refractivity contribution in [1.29, 1.82) is 0 Å². The lowest BCUT2D eigenvalue weighted by atomic mass is 9.93. The van der Waals surface area contributed by atoms with Gasteiger partial charge in [-0.2, -0.15) is 0 Å². The van der Waals surface area contributed by atoms with Gasteiger partial charge in [0.05, 0.1) is 0 Å². The first-order valence-electron chi connectivity index (χ1n) is 2.92. The van der Waals surface area contributed by atoms with Gasteiger partial charge in [0, 0.05) is 25.2 Å². The zero-order valence-corrected chi connectivity index (χ0v) is 6.73. The SMILES string of the molecule is C1NCC2CC1N2.Cl.Cl. The largest absolute Gasteiger partial charge is 0.314 e. The van der Waals surface area contributed by atoms with Crippen LogP contribution in [0.25, 0.3) is 0 Å². The zero-order valence-electron chi connectivity index (χ0n) is 5.09. The average molecular weight is 171 g/mol. The summed E-state index contributed by atoms with van der Waals surface area (Å²) in [6.07, 6.45) is 1.41. The monoisotopic (exact) mass is 170 g/mol. The second kappa shape index (κ2) is 3.62. The highest BCUT2D eigenvalue weighted by Crippen LogP contribution is 2.13. The van der Waals surface area contributed by atoms with E-state index in [1.54, 1.807) is 0 Å². The minimum atomic E-state index is 0. The molecular formula is C5H12Cl2N2. The maximum absolute atomic E-state index is 3.42. The highest BCUT2D eigenvalue weighted by Gasteiger charge is 2.31. The fraction of sp³-hybridized carbons (Fsp3) is 1.00. The molecule has 3 heterocycles. The molecule has 0 aromatic heterocycles. The Balaban J connectivity index is 0.000000320. The molecule has 56 valence electrons. The molecule has 3 saturated heterocycles. The Morgan fingerprint density at radius 2 is 1.44 bits per heavy atom. The number of fused-ring (bicyclic) bond motifs is 2. The third kappa shape index (κ3) is 1.71. The van der Waals surface area contributed by atoms with Gasteiger partial charge >= 0.3 is 0 Å². The van der Waals surface area contributed by atoms with Gasteiger partial charge in [-0.05, 0) is 6.42 Å². The summed E-state index contributed by atoms with van der Waals surface area (Å²) in [6.45, 7) is 2.38. The van der Waals surface area contributed by atoms with Crippen molar-refractivity contribution in [1.82, 2.24) is 10.6 Å². The number of nitrogens with one attached hydrogen (secondary N) is 2. The van der Waals surface area contributed by atoms with Crippen LogP contribution in [0.4, 0.5) is 0 Å². The molecule has 0 aliphatic carbocycles. The molecule has 0 spiro atoms. The molecule has 2 nitrogen and oxygen atoms in total. The fourth-order valence-electron chi connectivity index (χ4n) is 1.37. The molecule has 2 unspecified atom stereocenters. The van der Waals surface area contributed by atoms with E-state index in [0.29, 0.717) is 0 Å². The topological polar surface area (TPSA) is 24.1 Å². The highest BCUT2D eigenvalue weighted by molar-refractivity contribution is 5.85. The molecular weight excluding hydrogens is 159 g/mol. The van der Waals surface area contributed by atoms with E-state index in [-0.39, 0.29) is 24.8 Å². The van der Waals surface area contributed by atoms with Crippen molar-refractivity contribution < 1.29 is 0 Å². The maximum atomic E-state index is 3.42. The second-order valence-electron chi connectivity index (χ2n) is 2.45. The lowest BCUT2D eigenvalue weighted by molar-refractivity contribution is 0.201. The predicted molar refractivity (Wildman–Crippen MR) is 42.7 cm³/mol. The Kier molecular flexibility index (Phi) is 3.82. The van der Waals surface area contributed by atoms with E-state index in [0.717, 1.165) is 12.1 Å². The smallest absolute Gasteiger partial charge is 0.0210 e. The Hall–Kier alpha value is 0.500. The number of hydrogen-bond acceptors (Lipinski definition) is 2. The van der Waals surface area contributed by atoms with Crippen LogP contribution in [-0.4, -0.2) is 25.2 Å². The molecule has 2 bridgehead atoms. The summed E-state index contributed by atoms with van der Waals surface area (Å²) in [5.41, 5.74) is 0. The van der Waals surface area contributed by atoms with Crippen LogP contribution in [0.1, 0.15) is 6.42 Å². The van der Waals surface area contributed by atoms with E-state index in [1.165, 1.54) is 19.5 Å². The Bertz CT molecular complexity index is 69.5. The molecule has 0 radical (unpaired) electrons. The summed E-state index contributed by atoms with van der Waals surface area (Å²) >= 11 is 0. The zero-order chi connectivity index (χ0) is 4.69. The first-order chi connectivity index (χ1) is 3.45. The minimum absolute atomic E-state index is 0. The van der Waals surface area contributed by atoms with Crippen molar-refractivity contribution in [3.8, 4) is 0 Å². The number of piperidine rings is 1. The van der Waals surface area contributed by atoms with Gasteiger partial charge in [0.2, 0.25) is 0 Å². The molecule has 3 aliphatic rings. The Labute approximate surface area is 67.6 Å². The molecule has 3 fully saturated rings. The average Bonchev–Trinajstić information content (AvgIpc) is 1.67. The standard InChI is InChI=1S/C5H10N2.2ClH/c1-4-2-6-3-5(1)7-4;;/h4-7H,1-3H2;2*1H. The van der Waals surface area contributed by atoms with Gasteiger partial charge in [-0.1, -0.05) is 0 Å². The molecule has 0 aromatic rings. The van der Waals surface area contributed by atoms with Crippen molar-refractivity contribution in [3.63, 3.8) is 0 Å². The van der Waals surface area contributed by atoms with E-state index in [9.17, 15) is 0 Å². The van der Waals surface area contributed by atoms with Gasteiger partial charge in [-0.3, -0.25) is 0 Å². The molecule has 0 aromatic carbocycles. The summed E-state index contributed by atoms with van der Waals surface area (Å²) in [5, 5.41) is 6.74. The van der Waals surface area contributed by atoms with Gasteiger partial charge in [-0.15, -0.1) is 24.8 Å². The fourth-order valence-corrected chi connectivity index (χ4v) is 1.37. The van der Waals surface area contributed by atoms with Crippen molar-refractivity contribution >= 4 is 24.8 Å². The van der Waals surface area contributed by atoms with Crippen LogP contribution < -0.4 is 10.6 Å². The summed E-state index contributed by atoms with van der Waals surface area (Å²) in [7, 11) is 0. The van der Waals surface area contributed by atoms with Crippen LogP contribution in [0.15, 0.2) is 0 Å². The molecule has 9 heavy (non-hydrogen) atoms. The van der Waals surface area contributed by atoms with Crippen LogP contribution in [0.5, 0.6) is 0 Å². The number of halogens is 2. The van der Waals surface area contributed by atoms with Crippen LogP contribution in [0, 0.1) is 0 Å². The van der Waals surface area contributed by atoms with Gasteiger partial charge in [0.1, 0.15) is 0 Å². The third-order valence-corrected chi connectivity index (χ3v) is 1.82. The Morgan fingerprint density at radius 3 is 1.56 bits per heavy atom. The van der Waals surface area contributed by atoms with E-state index < -0.39 is 0 Å². The van der Waals surface area contributed by atoms with E-state index in [1.807, 2.05) is 0 Å². The number of hydrogen-bond donors (Lipinski definition) is 2. The molecule has 4 heteroatoms. The number of rotatable bonds is 0. The Morgan fingerprint density at radius 1 is 1.00 bits per heavy atom. The van der Waals surface area contributed by atoms with Crippen molar-refractivity contribution in [3.05, 3.63) is 0 Å². The molecule has 3 aliphatic heterocycles.